The quantitative estimate of drug-likeness (QED) is 0.466. The van der Waals surface area contributed by atoms with Gasteiger partial charge in [-0.25, -0.2) is 9.97 Å². The van der Waals surface area contributed by atoms with E-state index in [4.69, 9.17) is 21.1 Å². The molecule has 6 nitrogen and oxygen atoms in total. The molecule has 1 fully saturated rings. The molecule has 1 aromatic carbocycles. The van der Waals surface area contributed by atoms with Gasteiger partial charge in [0, 0.05) is 23.8 Å². The third kappa shape index (κ3) is 3.08. The Morgan fingerprint density at radius 1 is 1.18 bits per heavy atom. The fraction of sp³-hybridized carbons (Fsp3) is 0.286. The van der Waals surface area contributed by atoms with Crippen molar-refractivity contribution in [3.05, 3.63) is 60.3 Å². The van der Waals surface area contributed by atoms with Gasteiger partial charge in [-0.2, -0.15) is 0 Å². The largest absolute Gasteiger partial charge is 0.488 e. The fourth-order valence-corrected chi connectivity index (χ4v) is 3.97. The zero-order chi connectivity index (χ0) is 19.1. The van der Waals surface area contributed by atoms with Gasteiger partial charge < -0.3 is 14.0 Å². The smallest absolute Gasteiger partial charge is 0.146 e. The Morgan fingerprint density at radius 2 is 2.11 bits per heavy atom. The molecular formula is C21H19ClN4O2. The van der Waals surface area contributed by atoms with E-state index in [1.54, 1.807) is 6.20 Å². The van der Waals surface area contributed by atoms with Gasteiger partial charge in [0.1, 0.15) is 35.2 Å². The first kappa shape index (κ1) is 17.4. The van der Waals surface area contributed by atoms with E-state index < -0.39 is 0 Å². The Morgan fingerprint density at radius 3 is 3.04 bits per heavy atom. The van der Waals surface area contributed by atoms with Crippen LogP contribution in [-0.2, 0) is 4.74 Å². The van der Waals surface area contributed by atoms with E-state index in [9.17, 15) is 0 Å². The Hall–Kier alpha value is -2.70. The minimum Gasteiger partial charge on any atom is -0.488 e. The van der Waals surface area contributed by atoms with Gasteiger partial charge >= 0.3 is 0 Å². The van der Waals surface area contributed by atoms with Gasteiger partial charge in [0.25, 0.3) is 0 Å². The molecule has 3 unspecified atom stereocenters. The highest BCUT2D eigenvalue weighted by molar-refractivity contribution is 6.33. The van der Waals surface area contributed by atoms with E-state index in [0.717, 1.165) is 40.5 Å². The van der Waals surface area contributed by atoms with Crippen LogP contribution >= 0.6 is 11.6 Å². The maximum absolute atomic E-state index is 6.29. The first-order valence-corrected chi connectivity index (χ1v) is 9.71. The first-order chi connectivity index (χ1) is 13.7. The van der Waals surface area contributed by atoms with Crippen molar-refractivity contribution in [2.75, 3.05) is 0 Å². The van der Waals surface area contributed by atoms with Crippen LogP contribution in [-0.4, -0.2) is 31.7 Å². The molecule has 3 atom stereocenters. The van der Waals surface area contributed by atoms with Crippen LogP contribution < -0.4 is 4.74 Å². The Labute approximate surface area is 167 Å². The van der Waals surface area contributed by atoms with Gasteiger partial charge in [-0.15, -0.1) is 0 Å². The van der Waals surface area contributed by atoms with E-state index in [1.807, 2.05) is 54.1 Å². The third-order valence-electron chi connectivity index (χ3n) is 5.22. The van der Waals surface area contributed by atoms with Gasteiger partial charge in [0.2, 0.25) is 0 Å². The number of hydrogen-bond donors (Lipinski definition) is 0. The average molecular weight is 395 g/mol. The van der Waals surface area contributed by atoms with Crippen molar-refractivity contribution in [3.63, 3.8) is 0 Å². The summed E-state index contributed by atoms with van der Waals surface area (Å²) in [4.78, 5) is 12.8. The Bertz CT molecular complexity index is 1150. The summed E-state index contributed by atoms with van der Waals surface area (Å²) >= 11 is 6.16. The van der Waals surface area contributed by atoms with Gasteiger partial charge in [0.05, 0.1) is 17.0 Å². The number of pyridine rings is 1. The van der Waals surface area contributed by atoms with Crippen molar-refractivity contribution < 1.29 is 9.47 Å². The van der Waals surface area contributed by atoms with Crippen molar-refractivity contribution in [1.82, 2.24) is 19.5 Å². The molecule has 0 amide bonds. The number of rotatable bonds is 4. The van der Waals surface area contributed by atoms with Gasteiger partial charge in [-0.05, 0) is 44.0 Å². The predicted octanol–water partition coefficient (Wildman–Crippen LogP) is 4.78. The van der Waals surface area contributed by atoms with E-state index in [-0.39, 0.29) is 18.4 Å². The third-order valence-corrected chi connectivity index (χ3v) is 5.53. The summed E-state index contributed by atoms with van der Waals surface area (Å²) in [5.74, 6) is 0.802. The minimum absolute atomic E-state index is 0.000751. The molecule has 1 aliphatic rings. The molecule has 4 aromatic rings. The molecule has 4 heterocycles. The normalized spacial score (nSPS) is 20.6. The van der Waals surface area contributed by atoms with E-state index in [0.29, 0.717) is 5.15 Å². The van der Waals surface area contributed by atoms with Crippen molar-refractivity contribution in [2.45, 2.75) is 38.2 Å². The lowest BCUT2D eigenvalue weighted by atomic mass is 10.1. The second-order valence-electron chi connectivity index (χ2n) is 7.01. The molecule has 0 spiro atoms. The predicted molar refractivity (Wildman–Crippen MR) is 108 cm³/mol. The van der Waals surface area contributed by atoms with Crippen LogP contribution in [0.5, 0.6) is 5.75 Å². The minimum atomic E-state index is -0.0854. The molecule has 0 saturated carbocycles. The summed E-state index contributed by atoms with van der Waals surface area (Å²) in [5.41, 5.74) is 1.72. The second kappa shape index (κ2) is 7.04. The standard InChI is InChI=1S/C21H19ClN4O2/c1-13(27-15-5-4-14-3-2-9-23-17(14)11-15)18-6-7-19(28-18)26-10-8-16-20(22)24-12-25-21(16)26/h2-5,8-13,18-19H,6-7H2,1H3. The van der Waals surface area contributed by atoms with Crippen molar-refractivity contribution in [3.8, 4) is 5.75 Å². The van der Waals surface area contributed by atoms with Crippen LogP contribution in [0.15, 0.2) is 55.1 Å². The molecule has 1 saturated heterocycles. The fourth-order valence-electron chi connectivity index (χ4n) is 3.78. The zero-order valence-electron chi connectivity index (χ0n) is 15.3. The number of ether oxygens (including phenoxy) is 2. The van der Waals surface area contributed by atoms with Gasteiger partial charge in [-0.3, -0.25) is 4.98 Å². The highest BCUT2D eigenvalue weighted by Crippen LogP contribution is 2.34. The van der Waals surface area contributed by atoms with Crippen LogP contribution in [0.4, 0.5) is 0 Å². The summed E-state index contributed by atoms with van der Waals surface area (Å²) in [6.07, 6.45) is 6.87. The maximum Gasteiger partial charge on any atom is 0.146 e. The zero-order valence-corrected chi connectivity index (χ0v) is 16.1. The molecule has 0 aliphatic carbocycles. The van der Waals surface area contributed by atoms with E-state index in [1.165, 1.54) is 6.33 Å². The highest BCUT2D eigenvalue weighted by atomic mass is 35.5. The van der Waals surface area contributed by atoms with Crippen LogP contribution in [0.25, 0.3) is 21.9 Å². The van der Waals surface area contributed by atoms with Gasteiger partial charge in [0.15, 0.2) is 0 Å². The lowest BCUT2D eigenvalue weighted by Crippen LogP contribution is -2.28. The molecule has 3 aromatic heterocycles. The average Bonchev–Trinajstić information content (AvgIpc) is 3.35. The lowest BCUT2D eigenvalue weighted by Gasteiger charge is -2.22. The molecule has 0 radical (unpaired) electrons. The molecule has 142 valence electrons. The molecule has 5 rings (SSSR count). The van der Waals surface area contributed by atoms with Gasteiger partial charge in [-0.1, -0.05) is 17.7 Å². The molecule has 0 bridgehead atoms. The van der Waals surface area contributed by atoms with E-state index in [2.05, 4.69) is 15.0 Å². The summed E-state index contributed by atoms with van der Waals surface area (Å²) in [7, 11) is 0. The number of halogens is 1. The summed E-state index contributed by atoms with van der Waals surface area (Å²) in [6.45, 7) is 2.04. The molecule has 28 heavy (non-hydrogen) atoms. The second-order valence-corrected chi connectivity index (χ2v) is 7.37. The molecule has 0 N–H and O–H groups in total. The number of fused-ring (bicyclic) bond motifs is 2. The van der Waals surface area contributed by atoms with Crippen LogP contribution in [0, 0.1) is 0 Å². The summed E-state index contributed by atoms with van der Waals surface area (Å²) in [6, 6.07) is 11.9. The number of benzene rings is 1. The van der Waals surface area contributed by atoms with Crippen LogP contribution in [0.1, 0.15) is 26.0 Å². The molecule has 1 aliphatic heterocycles. The Kier molecular flexibility index (Phi) is 4.37. The summed E-state index contributed by atoms with van der Waals surface area (Å²) in [5, 5.41) is 2.39. The monoisotopic (exact) mass is 394 g/mol. The number of nitrogens with zero attached hydrogens (tertiary/aromatic N) is 4. The van der Waals surface area contributed by atoms with Crippen molar-refractivity contribution >= 4 is 33.5 Å². The highest BCUT2D eigenvalue weighted by Gasteiger charge is 2.32. The number of hydrogen-bond acceptors (Lipinski definition) is 5. The first-order valence-electron chi connectivity index (χ1n) is 9.33. The van der Waals surface area contributed by atoms with Crippen molar-refractivity contribution in [1.29, 1.82) is 0 Å². The number of aromatic nitrogens is 4. The van der Waals surface area contributed by atoms with E-state index >= 15 is 0 Å². The van der Waals surface area contributed by atoms with Crippen molar-refractivity contribution in [2.24, 2.45) is 0 Å². The topological polar surface area (TPSA) is 62.1 Å². The molecular weight excluding hydrogens is 376 g/mol. The Balaban J connectivity index is 1.31. The SMILES string of the molecule is CC(Oc1ccc2cccnc2c1)C1CCC(n2ccc3c(Cl)ncnc32)O1. The summed E-state index contributed by atoms with van der Waals surface area (Å²) < 4.78 is 14.5. The van der Waals surface area contributed by atoms with Crippen LogP contribution in [0.2, 0.25) is 5.15 Å². The maximum atomic E-state index is 6.29. The van der Waals surface area contributed by atoms with Crippen LogP contribution in [0.3, 0.4) is 0 Å². The lowest BCUT2D eigenvalue weighted by molar-refractivity contribution is -0.0434. The molecule has 7 heteroatoms.